The van der Waals surface area contributed by atoms with Crippen molar-refractivity contribution in [3.63, 3.8) is 0 Å². The van der Waals surface area contributed by atoms with Gasteiger partial charge in [0.1, 0.15) is 0 Å². The largest absolute Gasteiger partial charge is 0.306 e. The predicted octanol–water partition coefficient (Wildman–Crippen LogP) is 2.77. The number of nitrogens with zero attached hydrogens (tertiary/aromatic N) is 3. The van der Waals surface area contributed by atoms with Crippen LogP contribution in [0.2, 0.25) is 0 Å². The highest BCUT2D eigenvalue weighted by Gasteiger charge is 2.28. The summed E-state index contributed by atoms with van der Waals surface area (Å²) < 4.78 is 0. The Morgan fingerprint density at radius 1 is 0.727 bits per heavy atom. The van der Waals surface area contributed by atoms with Gasteiger partial charge in [0.15, 0.2) is 0 Å². The fourth-order valence-electron chi connectivity index (χ4n) is 4.89. The minimum Gasteiger partial charge on any atom is -0.306 e. The number of hydrogen-bond donors (Lipinski definition) is 0. The Balaban J connectivity index is 1.29. The summed E-state index contributed by atoms with van der Waals surface area (Å²) in [6, 6.07) is 0. The van der Waals surface area contributed by atoms with Crippen LogP contribution in [0.5, 0.6) is 0 Å². The van der Waals surface area contributed by atoms with Crippen molar-refractivity contribution in [2.75, 3.05) is 59.4 Å². The zero-order valence-corrected chi connectivity index (χ0v) is 15.0. The molecule has 3 rings (SSSR count). The van der Waals surface area contributed by atoms with E-state index in [0.717, 1.165) is 17.8 Å². The van der Waals surface area contributed by atoms with Gasteiger partial charge in [0.05, 0.1) is 0 Å². The molecule has 0 bridgehead atoms. The van der Waals surface area contributed by atoms with Gasteiger partial charge in [-0.25, -0.2) is 0 Å². The van der Waals surface area contributed by atoms with E-state index in [9.17, 15) is 0 Å². The van der Waals surface area contributed by atoms with Crippen molar-refractivity contribution < 1.29 is 0 Å². The molecular weight excluding hydrogens is 270 g/mol. The Kier molecular flexibility index (Phi) is 6.17. The molecule has 0 amide bonds. The molecule has 3 saturated heterocycles. The van der Waals surface area contributed by atoms with Gasteiger partial charge in [0, 0.05) is 26.2 Å². The highest BCUT2D eigenvalue weighted by Crippen LogP contribution is 2.25. The monoisotopic (exact) mass is 307 g/mol. The van der Waals surface area contributed by atoms with Gasteiger partial charge < -0.3 is 14.7 Å². The number of piperidine rings is 2. The maximum Gasteiger partial charge on any atom is 0.00342 e. The maximum atomic E-state index is 2.77. The first kappa shape index (κ1) is 16.7. The van der Waals surface area contributed by atoms with E-state index in [1.807, 2.05) is 0 Å². The van der Waals surface area contributed by atoms with Gasteiger partial charge in [-0.1, -0.05) is 19.8 Å². The Labute approximate surface area is 138 Å². The third-order valence-corrected chi connectivity index (χ3v) is 6.28. The first-order chi connectivity index (χ1) is 10.7. The van der Waals surface area contributed by atoms with Crippen molar-refractivity contribution in [1.29, 1.82) is 0 Å². The second-order valence-corrected chi connectivity index (χ2v) is 8.36. The third kappa shape index (κ3) is 4.69. The van der Waals surface area contributed by atoms with Gasteiger partial charge in [-0.05, 0) is 76.7 Å². The van der Waals surface area contributed by atoms with Crippen LogP contribution in [0.4, 0.5) is 0 Å². The lowest BCUT2D eigenvalue weighted by molar-refractivity contribution is 0.0649. The first-order valence-corrected chi connectivity index (χ1v) is 9.86. The SMILES string of the molecule is CCCC1CCN(CC2CCN(CC3CN(C)C3)CC2)CC1. The molecule has 3 fully saturated rings. The van der Waals surface area contributed by atoms with Gasteiger partial charge in [-0.2, -0.15) is 0 Å². The minimum atomic E-state index is 0.958. The van der Waals surface area contributed by atoms with Crippen molar-refractivity contribution >= 4 is 0 Å². The van der Waals surface area contributed by atoms with Crippen LogP contribution in [0, 0.1) is 17.8 Å². The van der Waals surface area contributed by atoms with Crippen molar-refractivity contribution in [3.8, 4) is 0 Å². The molecule has 0 aliphatic carbocycles. The summed E-state index contributed by atoms with van der Waals surface area (Å²) in [6.07, 6.45) is 8.64. The molecular formula is C19H37N3. The molecule has 0 unspecified atom stereocenters. The highest BCUT2D eigenvalue weighted by molar-refractivity contribution is 4.83. The maximum absolute atomic E-state index is 2.77. The Morgan fingerprint density at radius 3 is 1.73 bits per heavy atom. The second kappa shape index (κ2) is 8.12. The summed E-state index contributed by atoms with van der Waals surface area (Å²) >= 11 is 0. The van der Waals surface area contributed by atoms with E-state index in [4.69, 9.17) is 0 Å². The lowest BCUT2D eigenvalue weighted by Crippen LogP contribution is -2.51. The van der Waals surface area contributed by atoms with Crippen LogP contribution >= 0.6 is 0 Å². The second-order valence-electron chi connectivity index (χ2n) is 8.36. The van der Waals surface area contributed by atoms with Crippen LogP contribution < -0.4 is 0 Å². The Bertz CT molecular complexity index is 311. The van der Waals surface area contributed by atoms with E-state index >= 15 is 0 Å². The molecule has 0 N–H and O–H groups in total. The van der Waals surface area contributed by atoms with Crippen LogP contribution in [0.1, 0.15) is 45.4 Å². The molecule has 3 heterocycles. The number of hydrogen-bond acceptors (Lipinski definition) is 3. The Morgan fingerprint density at radius 2 is 1.23 bits per heavy atom. The number of likely N-dealkylation sites (tertiary alicyclic amines) is 3. The van der Waals surface area contributed by atoms with Crippen LogP contribution in [-0.4, -0.2) is 74.1 Å². The average molecular weight is 308 g/mol. The fraction of sp³-hybridized carbons (Fsp3) is 1.00. The molecule has 128 valence electrons. The summed E-state index contributed by atoms with van der Waals surface area (Å²) in [7, 11) is 2.24. The molecule has 0 saturated carbocycles. The molecule has 0 aromatic heterocycles. The molecule has 0 radical (unpaired) electrons. The van der Waals surface area contributed by atoms with Crippen molar-refractivity contribution in [1.82, 2.24) is 14.7 Å². The minimum absolute atomic E-state index is 0.958. The van der Waals surface area contributed by atoms with E-state index in [-0.39, 0.29) is 0 Å². The van der Waals surface area contributed by atoms with Crippen LogP contribution in [0.25, 0.3) is 0 Å². The fourth-order valence-corrected chi connectivity index (χ4v) is 4.89. The zero-order chi connectivity index (χ0) is 15.4. The smallest absolute Gasteiger partial charge is 0.00342 e. The van der Waals surface area contributed by atoms with Crippen molar-refractivity contribution in [2.24, 2.45) is 17.8 Å². The van der Waals surface area contributed by atoms with Crippen LogP contribution in [-0.2, 0) is 0 Å². The summed E-state index contributed by atoms with van der Waals surface area (Å²) in [5, 5.41) is 0. The van der Waals surface area contributed by atoms with Crippen molar-refractivity contribution in [2.45, 2.75) is 45.4 Å². The Hall–Kier alpha value is -0.120. The molecule has 22 heavy (non-hydrogen) atoms. The lowest BCUT2D eigenvalue weighted by atomic mass is 9.90. The van der Waals surface area contributed by atoms with E-state index in [2.05, 4.69) is 28.7 Å². The topological polar surface area (TPSA) is 9.72 Å². The summed E-state index contributed by atoms with van der Waals surface area (Å²) in [5.74, 6) is 2.96. The zero-order valence-electron chi connectivity index (χ0n) is 15.0. The molecule has 0 atom stereocenters. The van der Waals surface area contributed by atoms with Crippen molar-refractivity contribution in [3.05, 3.63) is 0 Å². The number of rotatable bonds is 6. The van der Waals surface area contributed by atoms with Gasteiger partial charge in [-0.3, -0.25) is 0 Å². The molecule has 0 spiro atoms. The van der Waals surface area contributed by atoms with Gasteiger partial charge in [0.25, 0.3) is 0 Å². The molecule has 0 aromatic carbocycles. The third-order valence-electron chi connectivity index (χ3n) is 6.28. The van der Waals surface area contributed by atoms with Gasteiger partial charge >= 0.3 is 0 Å². The van der Waals surface area contributed by atoms with Crippen LogP contribution in [0.3, 0.4) is 0 Å². The first-order valence-electron chi connectivity index (χ1n) is 9.86. The standard InChI is InChI=1S/C19H37N3/c1-3-4-17-5-9-21(10-6-17)15-18-7-11-22(12-8-18)16-19-13-20(2)14-19/h17-19H,3-16H2,1-2H3. The van der Waals surface area contributed by atoms with Gasteiger partial charge in [-0.15, -0.1) is 0 Å². The highest BCUT2D eigenvalue weighted by atomic mass is 15.2. The summed E-state index contributed by atoms with van der Waals surface area (Å²) in [4.78, 5) is 7.95. The molecule has 3 aliphatic heterocycles. The summed E-state index contributed by atoms with van der Waals surface area (Å²) in [5.41, 5.74) is 0. The average Bonchev–Trinajstić information content (AvgIpc) is 2.50. The van der Waals surface area contributed by atoms with E-state index in [0.29, 0.717) is 0 Å². The molecule has 3 nitrogen and oxygen atoms in total. The van der Waals surface area contributed by atoms with E-state index < -0.39 is 0 Å². The lowest BCUT2D eigenvalue weighted by Gasteiger charge is -2.42. The normalized spacial score (nSPS) is 28.1. The van der Waals surface area contributed by atoms with Crippen LogP contribution in [0.15, 0.2) is 0 Å². The molecule has 3 heteroatoms. The summed E-state index contributed by atoms with van der Waals surface area (Å²) in [6.45, 7) is 13.2. The van der Waals surface area contributed by atoms with Gasteiger partial charge in [0.2, 0.25) is 0 Å². The predicted molar refractivity (Wildman–Crippen MR) is 94.2 cm³/mol. The molecule has 3 aliphatic rings. The van der Waals surface area contributed by atoms with E-state index in [1.165, 1.54) is 90.9 Å². The van der Waals surface area contributed by atoms with E-state index in [1.54, 1.807) is 0 Å². The molecule has 0 aromatic rings. The quantitative estimate of drug-likeness (QED) is 0.747.